The van der Waals surface area contributed by atoms with Gasteiger partial charge in [-0.15, -0.1) is 0 Å². The molecule has 2 N–H and O–H groups in total. The van der Waals surface area contributed by atoms with E-state index in [-0.39, 0.29) is 29.7 Å². The standard InChI is InChI=1S/C44H92N4O2.C17H37N.4CH4/c1-4-7-10-13-16-19-22-25-28-31-34-45(35-32-29-26-23-20-17-14-11-8-5-2)37-38-46(43-44-50-48-41-39-47(49)40-42-48)36-33-30-27-24-21-18-15-12-9-6-3;1-3-5-7-9-11-13-15-17-18-16-14-12-10-8-6-4-2;;;;/h49H,4-44H2,1-3H3;18H,3-17H2,1-2H3;4*1H4. The van der Waals surface area contributed by atoms with E-state index >= 15 is 0 Å². The van der Waals surface area contributed by atoms with Crippen molar-refractivity contribution in [2.45, 2.75) is 340 Å². The van der Waals surface area contributed by atoms with Crippen molar-refractivity contribution in [3.63, 3.8) is 0 Å². The number of unbranched alkanes of at least 4 members (excludes halogenated alkanes) is 38. The van der Waals surface area contributed by atoms with Gasteiger partial charge in [0.1, 0.15) is 0 Å². The Morgan fingerprint density at radius 1 is 0.306 bits per heavy atom. The highest BCUT2D eigenvalue weighted by atomic mass is 16.7. The van der Waals surface area contributed by atoms with E-state index in [9.17, 15) is 5.21 Å². The SMILES string of the molecule is C.C.C.C.CCCCCCCCCCCCN(CCCCCCCCCCCC)CCN(CCCCCCCCCCCC)CCON1CCN(O)CC1.CCCCCCCCCNCCCCCCCC. The first kappa shape index (κ1) is 80.6. The zero-order valence-electron chi connectivity index (χ0n) is 47.7. The Bertz CT molecular complexity index is 849. The van der Waals surface area contributed by atoms with Crippen LogP contribution in [0.25, 0.3) is 0 Å². The van der Waals surface area contributed by atoms with Crippen molar-refractivity contribution in [2.75, 3.05) is 85.1 Å². The number of piperazine rings is 1. The van der Waals surface area contributed by atoms with E-state index in [2.05, 4.69) is 54.8 Å². The first-order valence-corrected chi connectivity index (χ1v) is 31.6. The highest BCUT2D eigenvalue weighted by Gasteiger charge is 2.16. The number of hydroxylamine groups is 4. The maximum Gasteiger partial charge on any atom is 0.0812 e. The van der Waals surface area contributed by atoms with Gasteiger partial charge in [-0.05, 0) is 64.8 Å². The second kappa shape index (κ2) is 70.7. The van der Waals surface area contributed by atoms with Gasteiger partial charge >= 0.3 is 0 Å². The highest BCUT2D eigenvalue weighted by Crippen LogP contribution is 2.15. The van der Waals surface area contributed by atoms with E-state index in [0.717, 1.165) is 26.2 Å². The Labute approximate surface area is 459 Å². The molecule has 1 heterocycles. The maximum absolute atomic E-state index is 9.73. The molecule has 0 aromatic rings. The number of hydrogen-bond acceptors (Lipinski definition) is 7. The summed E-state index contributed by atoms with van der Waals surface area (Å²) >= 11 is 0. The van der Waals surface area contributed by atoms with Gasteiger partial charge in [0.25, 0.3) is 0 Å². The summed E-state index contributed by atoms with van der Waals surface area (Å²) in [6.45, 7) is 24.8. The molecule has 0 aromatic heterocycles. The van der Waals surface area contributed by atoms with Gasteiger partial charge in [0.05, 0.1) is 6.61 Å². The highest BCUT2D eigenvalue weighted by molar-refractivity contribution is 4.67. The average Bonchev–Trinajstić information content (AvgIpc) is 3.35. The molecule has 0 amide bonds. The molecule has 0 atom stereocenters. The van der Waals surface area contributed by atoms with Crippen molar-refractivity contribution in [1.29, 1.82) is 0 Å². The van der Waals surface area contributed by atoms with Crippen LogP contribution in [-0.2, 0) is 4.84 Å². The molecule has 0 aliphatic carbocycles. The summed E-state index contributed by atoms with van der Waals surface area (Å²) in [5, 5.41) is 16.8. The van der Waals surface area contributed by atoms with Crippen LogP contribution in [0.3, 0.4) is 0 Å². The molecule has 1 aliphatic rings. The van der Waals surface area contributed by atoms with E-state index in [1.54, 1.807) is 0 Å². The monoisotopic (exact) mass is 1030 g/mol. The molecule has 1 aliphatic heterocycles. The van der Waals surface area contributed by atoms with Gasteiger partial charge in [0.2, 0.25) is 0 Å². The molecule has 0 bridgehead atoms. The zero-order valence-corrected chi connectivity index (χ0v) is 47.7. The van der Waals surface area contributed by atoms with E-state index in [1.165, 1.54) is 327 Å². The van der Waals surface area contributed by atoms with Crippen LogP contribution < -0.4 is 5.32 Å². The molecule has 0 saturated carbocycles. The van der Waals surface area contributed by atoms with Gasteiger partial charge in [-0.2, -0.15) is 10.1 Å². The molecule has 442 valence electrons. The molecular weight excluding hydrogens is 883 g/mol. The topological polar surface area (TPSA) is 54.5 Å². The molecule has 1 saturated heterocycles. The Hall–Kier alpha value is -0.280. The summed E-state index contributed by atoms with van der Waals surface area (Å²) in [5.41, 5.74) is 0. The summed E-state index contributed by atoms with van der Waals surface area (Å²) in [6, 6.07) is 0. The lowest BCUT2D eigenvalue weighted by Gasteiger charge is -2.32. The summed E-state index contributed by atoms with van der Waals surface area (Å²) in [6.07, 6.45) is 60.7. The van der Waals surface area contributed by atoms with Crippen LogP contribution in [-0.4, -0.2) is 110 Å². The average molecular weight is 1030 g/mol. The Balaban J connectivity index is -0.000000578. The van der Waals surface area contributed by atoms with E-state index in [1.807, 2.05) is 0 Å². The van der Waals surface area contributed by atoms with Crippen LogP contribution in [0.5, 0.6) is 0 Å². The van der Waals surface area contributed by atoms with Crippen molar-refractivity contribution in [1.82, 2.24) is 25.2 Å². The quantitative estimate of drug-likeness (QED) is 0.0589. The first-order chi connectivity index (χ1) is 33.6. The Morgan fingerprint density at radius 2 is 0.542 bits per heavy atom. The third kappa shape index (κ3) is 64.0. The van der Waals surface area contributed by atoms with E-state index < -0.39 is 0 Å². The van der Waals surface area contributed by atoms with Crippen molar-refractivity contribution >= 4 is 0 Å². The van der Waals surface area contributed by atoms with Crippen LogP contribution in [0.4, 0.5) is 0 Å². The zero-order chi connectivity index (χ0) is 49.3. The predicted molar refractivity (Wildman–Crippen MR) is 330 cm³/mol. The van der Waals surface area contributed by atoms with Crippen molar-refractivity contribution in [3.05, 3.63) is 0 Å². The lowest BCUT2D eigenvalue weighted by Crippen LogP contribution is -2.45. The first-order valence-electron chi connectivity index (χ1n) is 31.6. The Morgan fingerprint density at radius 3 is 0.819 bits per heavy atom. The van der Waals surface area contributed by atoms with Crippen LogP contribution in [0.2, 0.25) is 0 Å². The summed E-state index contributed by atoms with van der Waals surface area (Å²) in [5.74, 6) is 0. The largest absolute Gasteiger partial charge is 0.317 e. The fourth-order valence-corrected chi connectivity index (χ4v) is 9.89. The van der Waals surface area contributed by atoms with E-state index in [4.69, 9.17) is 4.84 Å². The summed E-state index contributed by atoms with van der Waals surface area (Å²) < 4.78 is 0. The third-order valence-corrected chi connectivity index (χ3v) is 14.8. The molecule has 0 spiro atoms. The minimum absolute atomic E-state index is 0. The fraction of sp³-hybridized carbons (Fsp3) is 1.00. The molecule has 1 fully saturated rings. The molecule has 0 radical (unpaired) electrons. The maximum atomic E-state index is 9.73. The molecule has 7 nitrogen and oxygen atoms in total. The minimum atomic E-state index is 0. The number of nitrogens with one attached hydrogen (secondary N) is 1. The number of rotatable bonds is 55. The van der Waals surface area contributed by atoms with Crippen molar-refractivity contribution in [3.8, 4) is 0 Å². The molecular formula is C65H145N5O2. The van der Waals surface area contributed by atoms with Gasteiger partial charge in [-0.1, -0.05) is 308 Å². The molecule has 7 heteroatoms. The second-order valence-electron chi connectivity index (χ2n) is 21.6. The third-order valence-electron chi connectivity index (χ3n) is 14.8. The van der Waals surface area contributed by atoms with Crippen LogP contribution >= 0.6 is 0 Å². The van der Waals surface area contributed by atoms with Gasteiger partial charge in [0.15, 0.2) is 0 Å². The number of nitrogens with zero attached hydrogens (tertiary/aromatic N) is 4. The molecule has 72 heavy (non-hydrogen) atoms. The second-order valence-corrected chi connectivity index (χ2v) is 21.6. The minimum Gasteiger partial charge on any atom is -0.317 e. The number of hydrogen-bond donors (Lipinski definition) is 2. The predicted octanol–water partition coefficient (Wildman–Crippen LogP) is 20.5. The summed E-state index contributed by atoms with van der Waals surface area (Å²) in [7, 11) is 0. The normalized spacial score (nSPS) is 12.8. The smallest absolute Gasteiger partial charge is 0.0812 e. The van der Waals surface area contributed by atoms with Crippen LogP contribution in [0.15, 0.2) is 0 Å². The molecule has 0 unspecified atom stereocenters. The van der Waals surface area contributed by atoms with Crippen LogP contribution in [0.1, 0.15) is 340 Å². The fourth-order valence-electron chi connectivity index (χ4n) is 9.89. The lowest BCUT2D eigenvalue weighted by molar-refractivity contribution is -0.217. The van der Waals surface area contributed by atoms with E-state index in [0.29, 0.717) is 13.1 Å². The van der Waals surface area contributed by atoms with Gasteiger partial charge < -0.3 is 15.4 Å². The summed E-state index contributed by atoms with van der Waals surface area (Å²) in [4.78, 5) is 11.7. The lowest BCUT2D eigenvalue weighted by atomic mass is 10.1. The van der Waals surface area contributed by atoms with Crippen LogP contribution in [0, 0.1) is 0 Å². The van der Waals surface area contributed by atoms with Gasteiger partial charge in [-0.3, -0.25) is 9.74 Å². The Kier molecular flexibility index (Phi) is 79.1. The van der Waals surface area contributed by atoms with Gasteiger partial charge in [0, 0.05) is 45.8 Å². The van der Waals surface area contributed by atoms with Gasteiger partial charge in [-0.25, -0.2) is 0 Å². The van der Waals surface area contributed by atoms with Crippen molar-refractivity contribution < 1.29 is 10.0 Å². The van der Waals surface area contributed by atoms with Crippen molar-refractivity contribution in [2.24, 2.45) is 0 Å². The molecule has 0 aromatic carbocycles. The molecule has 1 rings (SSSR count).